The van der Waals surface area contributed by atoms with E-state index in [0.29, 0.717) is 12.6 Å². The number of nitrogens with one attached hydrogen (secondary N) is 1. The Morgan fingerprint density at radius 3 is 2.42 bits per heavy atom. The molecule has 2 rings (SSSR count). The minimum Gasteiger partial charge on any atom is -0.383 e. The average molecular weight is 446 g/mol. The summed E-state index contributed by atoms with van der Waals surface area (Å²) in [5, 5.41) is 3.36. The van der Waals surface area contributed by atoms with Crippen molar-refractivity contribution in [2.75, 3.05) is 53.5 Å². The SMILES string of the molecule is CCC(c1ccccc1)N1CCN(C(=NC)NCCOC)CC1.I. The summed E-state index contributed by atoms with van der Waals surface area (Å²) in [5.41, 5.74) is 1.42. The summed E-state index contributed by atoms with van der Waals surface area (Å²) in [6.07, 6.45) is 1.14. The maximum absolute atomic E-state index is 5.09. The highest BCUT2D eigenvalue weighted by Crippen LogP contribution is 2.25. The first-order valence-corrected chi connectivity index (χ1v) is 8.53. The molecular weight excluding hydrogens is 415 g/mol. The summed E-state index contributed by atoms with van der Waals surface area (Å²) >= 11 is 0. The zero-order valence-electron chi connectivity index (χ0n) is 15.1. The Kier molecular flexibility index (Phi) is 10.3. The van der Waals surface area contributed by atoms with E-state index in [1.54, 1.807) is 7.11 Å². The minimum absolute atomic E-state index is 0. The molecule has 1 N–H and O–H groups in total. The lowest BCUT2D eigenvalue weighted by atomic mass is 10.0. The van der Waals surface area contributed by atoms with Crippen molar-refractivity contribution in [2.24, 2.45) is 4.99 Å². The summed E-state index contributed by atoms with van der Waals surface area (Å²) < 4.78 is 5.09. The maximum Gasteiger partial charge on any atom is 0.193 e. The fourth-order valence-corrected chi connectivity index (χ4v) is 3.22. The lowest BCUT2D eigenvalue weighted by molar-refractivity contribution is 0.126. The monoisotopic (exact) mass is 446 g/mol. The van der Waals surface area contributed by atoms with E-state index >= 15 is 0 Å². The first-order chi connectivity index (χ1) is 11.3. The molecule has 0 saturated carbocycles. The number of hydrogen-bond acceptors (Lipinski definition) is 3. The smallest absolute Gasteiger partial charge is 0.193 e. The number of benzene rings is 1. The molecule has 0 aliphatic carbocycles. The Morgan fingerprint density at radius 1 is 1.21 bits per heavy atom. The fraction of sp³-hybridized carbons (Fsp3) is 0.611. The van der Waals surface area contributed by atoms with Gasteiger partial charge in [-0.15, -0.1) is 24.0 Å². The molecule has 1 aliphatic rings. The van der Waals surface area contributed by atoms with Crippen LogP contribution in [-0.2, 0) is 4.74 Å². The van der Waals surface area contributed by atoms with Gasteiger partial charge in [0.05, 0.1) is 6.61 Å². The highest BCUT2D eigenvalue weighted by molar-refractivity contribution is 14.0. The first kappa shape index (κ1) is 21.2. The molecule has 1 fully saturated rings. The van der Waals surface area contributed by atoms with Gasteiger partial charge in [0.25, 0.3) is 0 Å². The molecule has 0 spiro atoms. The number of piperazine rings is 1. The van der Waals surface area contributed by atoms with Crippen molar-refractivity contribution < 1.29 is 4.74 Å². The Balaban J connectivity index is 0.00000288. The summed E-state index contributed by atoms with van der Waals surface area (Å²) in [6.45, 7) is 7.92. The van der Waals surface area contributed by atoms with Gasteiger partial charge in [0, 0.05) is 52.9 Å². The van der Waals surface area contributed by atoms with E-state index in [-0.39, 0.29) is 24.0 Å². The van der Waals surface area contributed by atoms with Gasteiger partial charge in [0.2, 0.25) is 0 Å². The third kappa shape index (κ3) is 5.89. The van der Waals surface area contributed by atoms with Crippen molar-refractivity contribution in [3.63, 3.8) is 0 Å². The van der Waals surface area contributed by atoms with Crippen LogP contribution in [0.5, 0.6) is 0 Å². The Hall–Kier alpha value is -0.860. The van der Waals surface area contributed by atoms with Crippen LogP contribution in [0, 0.1) is 0 Å². The van der Waals surface area contributed by atoms with Crippen molar-refractivity contribution in [1.29, 1.82) is 0 Å². The Morgan fingerprint density at radius 2 is 1.88 bits per heavy atom. The van der Waals surface area contributed by atoms with Crippen LogP contribution in [0.3, 0.4) is 0 Å². The van der Waals surface area contributed by atoms with E-state index in [1.807, 2.05) is 7.05 Å². The zero-order chi connectivity index (χ0) is 16.5. The van der Waals surface area contributed by atoms with Crippen molar-refractivity contribution in [3.8, 4) is 0 Å². The van der Waals surface area contributed by atoms with Crippen LogP contribution in [0.15, 0.2) is 35.3 Å². The molecule has 1 aromatic rings. The predicted molar refractivity (Wildman–Crippen MR) is 111 cm³/mol. The Labute approximate surface area is 163 Å². The minimum atomic E-state index is 0. The number of nitrogens with zero attached hydrogens (tertiary/aromatic N) is 3. The molecule has 1 heterocycles. The van der Waals surface area contributed by atoms with E-state index in [1.165, 1.54) is 5.56 Å². The van der Waals surface area contributed by atoms with Gasteiger partial charge in [-0.05, 0) is 12.0 Å². The van der Waals surface area contributed by atoms with Crippen molar-refractivity contribution in [2.45, 2.75) is 19.4 Å². The molecule has 1 aromatic carbocycles. The van der Waals surface area contributed by atoms with Gasteiger partial charge in [-0.25, -0.2) is 0 Å². The standard InChI is InChI=1S/C18H30N4O.HI/c1-4-17(16-8-6-5-7-9-16)21-11-13-22(14-12-21)18(19-2)20-10-15-23-3;/h5-9,17H,4,10-15H2,1-3H3,(H,19,20);1H. The molecule has 6 heteroatoms. The lowest BCUT2D eigenvalue weighted by Gasteiger charge is -2.40. The third-order valence-electron chi connectivity index (χ3n) is 4.43. The number of methoxy groups -OCH3 is 1. The first-order valence-electron chi connectivity index (χ1n) is 8.53. The molecule has 0 radical (unpaired) electrons. The largest absolute Gasteiger partial charge is 0.383 e. The summed E-state index contributed by atoms with van der Waals surface area (Å²) in [4.78, 5) is 9.32. The van der Waals surface area contributed by atoms with E-state index < -0.39 is 0 Å². The van der Waals surface area contributed by atoms with Gasteiger partial charge < -0.3 is 15.0 Å². The van der Waals surface area contributed by atoms with E-state index in [9.17, 15) is 0 Å². The molecule has 0 aromatic heterocycles. The molecule has 1 unspecified atom stereocenters. The van der Waals surface area contributed by atoms with Gasteiger partial charge in [-0.3, -0.25) is 9.89 Å². The molecule has 1 atom stereocenters. The van der Waals surface area contributed by atoms with Gasteiger partial charge in [-0.2, -0.15) is 0 Å². The van der Waals surface area contributed by atoms with Gasteiger partial charge >= 0.3 is 0 Å². The second kappa shape index (κ2) is 11.7. The van der Waals surface area contributed by atoms with Crippen LogP contribution in [0.25, 0.3) is 0 Å². The van der Waals surface area contributed by atoms with Crippen LogP contribution >= 0.6 is 24.0 Å². The van der Waals surface area contributed by atoms with Gasteiger partial charge in [0.15, 0.2) is 5.96 Å². The second-order valence-electron chi connectivity index (χ2n) is 5.82. The van der Waals surface area contributed by atoms with Crippen molar-refractivity contribution in [1.82, 2.24) is 15.1 Å². The molecule has 5 nitrogen and oxygen atoms in total. The maximum atomic E-state index is 5.09. The number of guanidine groups is 1. The van der Waals surface area contributed by atoms with Crippen LogP contribution in [0.1, 0.15) is 24.9 Å². The quantitative estimate of drug-likeness (QED) is 0.316. The van der Waals surface area contributed by atoms with Crippen molar-refractivity contribution in [3.05, 3.63) is 35.9 Å². The molecule has 24 heavy (non-hydrogen) atoms. The average Bonchev–Trinajstić information content (AvgIpc) is 2.61. The van der Waals surface area contributed by atoms with E-state index in [2.05, 4.69) is 57.4 Å². The van der Waals surface area contributed by atoms with Gasteiger partial charge in [0.1, 0.15) is 0 Å². The molecular formula is C18H31IN4O. The number of rotatable bonds is 6. The van der Waals surface area contributed by atoms with Crippen molar-refractivity contribution >= 4 is 29.9 Å². The summed E-state index contributed by atoms with van der Waals surface area (Å²) in [5.74, 6) is 0.981. The summed E-state index contributed by atoms with van der Waals surface area (Å²) in [6, 6.07) is 11.4. The molecule has 1 aliphatic heterocycles. The lowest BCUT2D eigenvalue weighted by Crippen LogP contribution is -2.53. The predicted octanol–water partition coefficient (Wildman–Crippen LogP) is 2.60. The van der Waals surface area contributed by atoms with E-state index in [4.69, 9.17) is 4.74 Å². The van der Waals surface area contributed by atoms with Crippen LogP contribution < -0.4 is 5.32 Å². The van der Waals surface area contributed by atoms with Crippen LogP contribution in [0.4, 0.5) is 0 Å². The highest BCUT2D eigenvalue weighted by Gasteiger charge is 2.25. The second-order valence-corrected chi connectivity index (χ2v) is 5.82. The van der Waals surface area contributed by atoms with Gasteiger partial charge in [-0.1, -0.05) is 37.3 Å². The Bertz CT molecular complexity index is 475. The number of halogens is 1. The molecule has 0 bridgehead atoms. The zero-order valence-corrected chi connectivity index (χ0v) is 17.4. The fourth-order valence-electron chi connectivity index (χ4n) is 3.22. The number of ether oxygens (including phenoxy) is 1. The topological polar surface area (TPSA) is 40.1 Å². The number of hydrogen-bond donors (Lipinski definition) is 1. The molecule has 1 saturated heterocycles. The van der Waals surface area contributed by atoms with Crippen LogP contribution in [0.2, 0.25) is 0 Å². The number of aliphatic imine (C=N–C) groups is 1. The summed E-state index contributed by atoms with van der Waals surface area (Å²) in [7, 11) is 3.57. The molecule has 136 valence electrons. The van der Waals surface area contributed by atoms with Crippen LogP contribution in [-0.4, -0.2) is 69.2 Å². The normalized spacial score (nSPS) is 17.3. The molecule has 0 amide bonds. The van der Waals surface area contributed by atoms with E-state index in [0.717, 1.165) is 45.1 Å². The highest BCUT2D eigenvalue weighted by atomic mass is 127. The third-order valence-corrected chi connectivity index (χ3v) is 4.43.